The van der Waals surface area contributed by atoms with Crippen molar-refractivity contribution in [3.05, 3.63) is 349 Å². The third-order valence-electron chi connectivity index (χ3n) is 28.8. The Morgan fingerprint density at radius 1 is 0.297 bits per heavy atom. The van der Waals surface area contributed by atoms with Gasteiger partial charge in [-0.15, -0.1) is 0 Å². The van der Waals surface area contributed by atoms with Gasteiger partial charge >= 0.3 is 0 Å². The number of rotatable bonds is 12. The molecule has 2 heterocycles. The van der Waals surface area contributed by atoms with Crippen molar-refractivity contribution in [2.45, 2.75) is 101 Å². The van der Waals surface area contributed by atoms with Gasteiger partial charge in [-0.25, -0.2) is 0 Å². The third kappa shape index (κ3) is 9.90. The third-order valence-corrected chi connectivity index (χ3v) is 28.8. The lowest BCUT2D eigenvalue weighted by atomic mass is 9.43. The average molecular weight is 1430 g/mol. The first-order valence-corrected chi connectivity index (χ1v) is 41.1. The van der Waals surface area contributed by atoms with E-state index >= 15 is 0 Å². The second-order valence-electron chi connectivity index (χ2n) is 34.8. The topological polar surface area (TPSA) is 28.9 Å². The minimum atomic E-state index is -0.332. The Labute approximate surface area is 651 Å². The van der Waals surface area contributed by atoms with E-state index in [1.165, 1.54) is 176 Å². The fourth-order valence-electron chi connectivity index (χ4n) is 24.1. The maximum Gasteiger partial charge on any atom is 0.136 e. The van der Waals surface area contributed by atoms with Crippen LogP contribution in [0.4, 0.5) is 34.1 Å². The molecule has 6 fully saturated rings. The first-order valence-electron chi connectivity index (χ1n) is 41.1. The molecule has 14 aromatic carbocycles. The van der Waals surface area contributed by atoms with Crippen LogP contribution >= 0.6 is 0 Å². The lowest BCUT2D eigenvalue weighted by Crippen LogP contribution is -2.55. The van der Waals surface area contributed by atoms with Crippen LogP contribution in [0.15, 0.2) is 320 Å². The predicted molar refractivity (Wildman–Crippen MR) is 458 cm³/mol. The standard InChI is InChI=1S/C107H88N2O2/c1-105(2)95-64-83(109(97-30-17-29-94-103(97)90-22-9-11-27-92(90)107(94)77-60-68-57-69(62-77)63-78(107)61-68)81-50-44-74(45-51-81)84-20-7-8-21-86(84)88-25-16-33-101-102(88)91-23-10-13-31-98(91)110-101)52-54-87(95)89-26-15-24-85(104(89)105)75-38-36-71(37-39-75)73-42-48-80(49-43-73)108(79-46-40-72(41-47-79)70-18-5-4-6-19-70)82-53-55-100-96(65-82)106(3,93-28-12-14-32-99(93)111-100)76-58-66-34-35-67(56-66)59-76/h4-33,36-55,64-69,76-78H,34-35,56-63H2,1-3H3/t66-,67+,68?,69?,76?,77?,78?,106-,107?/m1/s1. The van der Waals surface area contributed by atoms with Crippen molar-refractivity contribution in [2.75, 3.05) is 9.80 Å². The molecular formula is C107H88N2O2. The van der Waals surface area contributed by atoms with Crippen molar-refractivity contribution in [3.8, 4) is 89.4 Å². The molecule has 1 spiro atoms. The molecule has 1 aliphatic heterocycles. The zero-order valence-corrected chi connectivity index (χ0v) is 63.3. The quantitative estimate of drug-likeness (QED) is 0.122. The molecule has 1 unspecified atom stereocenters. The van der Waals surface area contributed by atoms with Crippen molar-refractivity contribution in [1.82, 2.24) is 0 Å². The maximum absolute atomic E-state index is 6.89. The molecule has 111 heavy (non-hydrogen) atoms. The number of hydrogen-bond donors (Lipinski definition) is 0. The first kappa shape index (κ1) is 65.2. The zero-order chi connectivity index (χ0) is 73.4. The molecule has 4 heteroatoms. The molecule has 24 rings (SSSR count). The Kier molecular flexibility index (Phi) is 14.6. The lowest BCUT2D eigenvalue weighted by Gasteiger charge is -2.61. The van der Waals surface area contributed by atoms with Gasteiger partial charge in [0.05, 0.1) is 5.69 Å². The summed E-state index contributed by atoms with van der Waals surface area (Å²) in [5, 5.41) is 2.29. The van der Waals surface area contributed by atoms with Crippen LogP contribution in [-0.2, 0) is 16.2 Å². The molecular weight excluding hydrogens is 1350 g/mol. The molecule has 4 atom stereocenters. The Morgan fingerprint density at radius 2 is 0.775 bits per heavy atom. The van der Waals surface area contributed by atoms with Gasteiger partial charge in [-0.2, -0.15) is 0 Å². The summed E-state index contributed by atoms with van der Waals surface area (Å²) in [6.45, 7) is 7.47. The average Bonchev–Trinajstić information content (AvgIpc) is 1.54. The summed E-state index contributed by atoms with van der Waals surface area (Å²) in [5.74, 6) is 7.19. The molecule has 0 radical (unpaired) electrons. The van der Waals surface area contributed by atoms with E-state index in [1.807, 2.05) is 0 Å². The van der Waals surface area contributed by atoms with Gasteiger partial charge in [-0.3, -0.25) is 0 Å². The molecule has 6 bridgehead atoms. The molecule has 1 aromatic heterocycles. The largest absolute Gasteiger partial charge is 0.457 e. The second-order valence-corrected chi connectivity index (χ2v) is 34.8. The van der Waals surface area contributed by atoms with Crippen molar-refractivity contribution in [1.29, 1.82) is 0 Å². The van der Waals surface area contributed by atoms with Crippen LogP contribution in [0.1, 0.15) is 118 Å². The highest BCUT2D eigenvalue weighted by Crippen LogP contribution is 2.71. The summed E-state index contributed by atoms with van der Waals surface area (Å²) in [7, 11) is 0. The number of furan rings is 1. The van der Waals surface area contributed by atoms with Gasteiger partial charge in [0.25, 0.3) is 0 Å². The van der Waals surface area contributed by atoms with Crippen LogP contribution < -0.4 is 14.5 Å². The van der Waals surface area contributed by atoms with Crippen LogP contribution in [0.25, 0.3) is 99.8 Å². The van der Waals surface area contributed by atoms with Gasteiger partial charge in [-0.05, 0) is 278 Å². The number of nitrogens with zero attached hydrogens (tertiary/aromatic N) is 2. The van der Waals surface area contributed by atoms with E-state index in [4.69, 9.17) is 9.15 Å². The molecule has 0 amide bonds. The van der Waals surface area contributed by atoms with Gasteiger partial charge in [0.1, 0.15) is 22.7 Å². The number of hydrogen-bond acceptors (Lipinski definition) is 4. The Morgan fingerprint density at radius 3 is 1.50 bits per heavy atom. The smallest absolute Gasteiger partial charge is 0.136 e. The van der Waals surface area contributed by atoms with E-state index in [-0.39, 0.29) is 16.2 Å². The summed E-state index contributed by atoms with van der Waals surface area (Å²) in [6.07, 6.45) is 13.5. The number of benzene rings is 14. The van der Waals surface area contributed by atoms with Crippen LogP contribution in [-0.4, -0.2) is 0 Å². The van der Waals surface area contributed by atoms with Gasteiger partial charge < -0.3 is 19.0 Å². The molecule has 8 aliphatic carbocycles. The lowest BCUT2D eigenvalue weighted by molar-refractivity contribution is -0.0399. The number of para-hydroxylation sites is 2. The van der Waals surface area contributed by atoms with Gasteiger partial charge in [-0.1, -0.05) is 258 Å². The molecule has 0 N–H and O–H groups in total. The Hall–Kier alpha value is -11.7. The van der Waals surface area contributed by atoms with E-state index in [0.29, 0.717) is 17.8 Å². The molecule has 9 aliphatic rings. The van der Waals surface area contributed by atoms with E-state index in [0.717, 1.165) is 79.9 Å². The first-order chi connectivity index (χ1) is 54.6. The number of fused-ring (bicyclic) bond motifs is 13. The highest BCUT2D eigenvalue weighted by Gasteiger charge is 2.62. The summed E-state index contributed by atoms with van der Waals surface area (Å²) in [4.78, 5) is 5.08. The summed E-state index contributed by atoms with van der Waals surface area (Å²) >= 11 is 0. The van der Waals surface area contributed by atoms with Gasteiger partial charge in [0.15, 0.2) is 0 Å². The minimum absolute atomic E-state index is 0.0308. The minimum Gasteiger partial charge on any atom is -0.457 e. The maximum atomic E-state index is 6.89. The Bertz CT molecular complexity index is 6200. The van der Waals surface area contributed by atoms with Crippen LogP contribution in [0.5, 0.6) is 11.5 Å². The summed E-state index contributed by atoms with van der Waals surface area (Å²) in [6, 6.07) is 119. The van der Waals surface area contributed by atoms with Gasteiger partial charge in [0, 0.05) is 72.1 Å². The van der Waals surface area contributed by atoms with Gasteiger partial charge in [0.2, 0.25) is 0 Å². The van der Waals surface area contributed by atoms with E-state index in [9.17, 15) is 0 Å². The normalized spacial score (nSPS) is 22.9. The van der Waals surface area contributed by atoms with E-state index < -0.39 is 0 Å². The summed E-state index contributed by atoms with van der Waals surface area (Å²) < 4.78 is 13.4. The number of ether oxygens (including phenoxy) is 1. The van der Waals surface area contributed by atoms with E-state index in [2.05, 4.69) is 346 Å². The highest BCUT2D eigenvalue weighted by atomic mass is 16.5. The monoisotopic (exact) mass is 1430 g/mol. The summed E-state index contributed by atoms with van der Waals surface area (Å²) in [5.41, 5.74) is 34.2. The van der Waals surface area contributed by atoms with Crippen LogP contribution in [0.2, 0.25) is 0 Å². The van der Waals surface area contributed by atoms with Crippen molar-refractivity contribution in [2.24, 2.45) is 41.4 Å². The number of anilines is 6. The van der Waals surface area contributed by atoms with Crippen LogP contribution in [0, 0.1) is 41.4 Å². The highest BCUT2D eigenvalue weighted by molar-refractivity contribution is 6.14. The van der Waals surface area contributed by atoms with E-state index in [1.54, 1.807) is 11.1 Å². The Balaban J connectivity index is 0.595. The fourth-order valence-corrected chi connectivity index (χ4v) is 24.1. The molecule has 538 valence electrons. The van der Waals surface area contributed by atoms with Crippen molar-refractivity contribution >= 4 is 56.1 Å². The fraction of sp³-hybridized carbons (Fsp3) is 0.215. The molecule has 6 saturated carbocycles. The van der Waals surface area contributed by atoms with Crippen molar-refractivity contribution in [3.63, 3.8) is 0 Å². The van der Waals surface area contributed by atoms with Crippen LogP contribution in [0.3, 0.4) is 0 Å². The zero-order valence-electron chi connectivity index (χ0n) is 63.3. The SMILES string of the molecule is CC1(C)c2cc(N(c3ccc(-c4ccccc4-c4cccc5oc6ccccc6c45)cc3)c3cccc4c3-c3ccccc3C43C4CC5CC(C4)CC3C5)ccc2-c2cccc(-c3ccc(-c4ccc(N(c5ccc(-c6ccccc6)cc5)c5ccc6c(c5)[C@](C)(C5C[C@H]7CC[C@@H](C5)C7)c5ccccc5O6)cc4)cc3)c21. The molecule has 4 nitrogen and oxygen atoms in total. The molecule has 15 aromatic rings. The second kappa shape index (κ2) is 24.9. The predicted octanol–water partition coefficient (Wildman–Crippen LogP) is 29.1. The molecule has 0 saturated heterocycles. The van der Waals surface area contributed by atoms with Crippen molar-refractivity contribution < 1.29 is 9.15 Å².